The number of nitriles is 1. The molecule has 0 atom stereocenters. The second-order valence-corrected chi connectivity index (χ2v) is 4.65. The van der Waals surface area contributed by atoms with Crippen LogP contribution >= 0.6 is 11.6 Å². The maximum Gasteiger partial charge on any atom is 0.263 e. The zero-order valence-electron chi connectivity index (χ0n) is 11.4. The molecule has 4 nitrogen and oxygen atoms in total. The van der Waals surface area contributed by atoms with E-state index in [9.17, 15) is 4.79 Å². The minimum absolute atomic E-state index is 0.0631. The van der Waals surface area contributed by atoms with Crippen molar-refractivity contribution >= 4 is 17.5 Å². The molecule has 0 unspecified atom stereocenters. The Bertz CT molecular complexity index is 520. The molecule has 1 aromatic carbocycles. The van der Waals surface area contributed by atoms with Crippen LogP contribution in [0.25, 0.3) is 0 Å². The van der Waals surface area contributed by atoms with E-state index in [1.807, 2.05) is 37.3 Å². The maximum absolute atomic E-state index is 11.7. The molecule has 1 amide bonds. The first-order valence-corrected chi connectivity index (χ1v) is 6.94. The fourth-order valence-corrected chi connectivity index (χ4v) is 1.72. The van der Waals surface area contributed by atoms with Gasteiger partial charge >= 0.3 is 0 Å². The molecule has 5 heteroatoms. The third-order valence-corrected chi connectivity index (χ3v) is 3.03. The van der Waals surface area contributed by atoms with Crippen LogP contribution in [-0.4, -0.2) is 18.3 Å². The van der Waals surface area contributed by atoms with E-state index in [1.54, 1.807) is 0 Å². The second-order valence-electron chi connectivity index (χ2n) is 4.28. The smallest absolute Gasteiger partial charge is 0.263 e. The molecule has 0 aromatic heterocycles. The van der Waals surface area contributed by atoms with Gasteiger partial charge in [-0.05, 0) is 24.5 Å². The van der Waals surface area contributed by atoms with Gasteiger partial charge < -0.3 is 10.6 Å². The maximum atomic E-state index is 11.7. The summed E-state index contributed by atoms with van der Waals surface area (Å²) in [6.45, 7) is 3.07. The lowest BCUT2D eigenvalue weighted by atomic mass is 10.1. The van der Waals surface area contributed by atoms with Gasteiger partial charge in [0, 0.05) is 25.2 Å². The number of aryl methyl sites for hydroxylation is 1. The molecule has 0 spiro atoms. The quantitative estimate of drug-likeness (QED) is 0.350. The van der Waals surface area contributed by atoms with Gasteiger partial charge in [-0.2, -0.15) is 5.26 Å². The highest BCUT2D eigenvalue weighted by atomic mass is 35.5. The number of hydrogen-bond acceptors (Lipinski definition) is 3. The molecule has 106 valence electrons. The van der Waals surface area contributed by atoms with Crippen LogP contribution in [0.1, 0.15) is 17.5 Å². The van der Waals surface area contributed by atoms with E-state index in [2.05, 4.69) is 10.6 Å². The summed E-state index contributed by atoms with van der Waals surface area (Å²) in [5, 5.41) is 14.6. The van der Waals surface area contributed by atoms with Crippen LogP contribution in [0.15, 0.2) is 36.0 Å². The number of carbonyl (C=O) groups is 1. The Labute approximate surface area is 124 Å². The van der Waals surface area contributed by atoms with Crippen molar-refractivity contribution in [2.75, 3.05) is 12.4 Å². The van der Waals surface area contributed by atoms with Crippen LogP contribution in [0.4, 0.5) is 0 Å². The Balaban J connectivity index is 2.52. The SMILES string of the molecule is Cc1ccccc1CN/C=C(/C#N)C(=O)NCCCCl. The Hall–Kier alpha value is -1.99. The van der Waals surface area contributed by atoms with E-state index < -0.39 is 0 Å². The average Bonchev–Trinajstić information content (AvgIpc) is 2.45. The zero-order chi connectivity index (χ0) is 14.8. The van der Waals surface area contributed by atoms with Crippen molar-refractivity contribution in [2.24, 2.45) is 0 Å². The number of rotatable bonds is 7. The molecule has 0 heterocycles. The van der Waals surface area contributed by atoms with Crippen molar-refractivity contribution in [3.63, 3.8) is 0 Å². The highest BCUT2D eigenvalue weighted by Gasteiger charge is 2.07. The van der Waals surface area contributed by atoms with Crippen LogP contribution < -0.4 is 10.6 Å². The van der Waals surface area contributed by atoms with Gasteiger partial charge in [-0.15, -0.1) is 11.6 Å². The van der Waals surface area contributed by atoms with Crippen LogP contribution in [0.3, 0.4) is 0 Å². The fraction of sp³-hybridized carbons (Fsp3) is 0.333. The molecule has 2 N–H and O–H groups in total. The number of carbonyl (C=O) groups excluding carboxylic acids is 1. The second kappa shape index (κ2) is 9.00. The van der Waals surface area contributed by atoms with Crippen LogP contribution in [-0.2, 0) is 11.3 Å². The summed E-state index contributed by atoms with van der Waals surface area (Å²) >= 11 is 5.52. The predicted molar refractivity (Wildman–Crippen MR) is 80.1 cm³/mol. The first kappa shape index (κ1) is 16.1. The summed E-state index contributed by atoms with van der Waals surface area (Å²) in [7, 11) is 0. The van der Waals surface area contributed by atoms with E-state index in [0.717, 1.165) is 5.56 Å². The summed E-state index contributed by atoms with van der Waals surface area (Å²) in [5.41, 5.74) is 2.36. The number of benzene rings is 1. The van der Waals surface area contributed by atoms with E-state index in [-0.39, 0.29) is 11.5 Å². The van der Waals surface area contributed by atoms with E-state index in [0.29, 0.717) is 25.4 Å². The highest BCUT2D eigenvalue weighted by Crippen LogP contribution is 2.06. The summed E-state index contributed by atoms with van der Waals surface area (Å²) in [6, 6.07) is 9.83. The van der Waals surface area contributed by atoms with Gasteiger partial charge in [0.1, 0.15) is 11.6 Å². The van der Waals surface area contributed by atoms with Gasteiger partial charge in [0.2, 0.25) is 0 Å². The van der Waals surface area contributed by atoms with Gasteiger partial charge in [-0.3, -0.25) is 4.79 Å². The molecule has 1 rings (SSSR count). The third-order valence-electron chi connectivity index (χ3n) is 2.76. The number of alkyl halides is 1. The molecular formula is C15H18ClN3O. The lowest BCUT2D eigenvalue weighted by molar-refractivity contribution is -0.117. The molecule has 1 aromatic rings. The Morgan fingerprint density at radius 2 is 2.20 bits per heavy atom. The van der Waals surface area contributed by atoms with Crippen LogP contribution in [0, 0.1) is 18.3 Å². The Kier molecular flexibility index (Phi) is 7.23. The van der Waals surface area contributed by atoms with Crippen molar-refractivity contribution in [1.82, 2.24) is 10.6 Å². The molecular weight excluding hydrogens is 274 g/mol. The normalized spacial score (nSPS) is 10.8. The number of nitrogens with zero attached hydrogens (tertiary/aromatic N) is 1. The summed E-state index contributed by atoms with van der Waals surface area (Å²) in [4.78, 5) is 11.7. The Morgan fingerprint density at radius 3 is 2.85 bits per heavy atom. The van der Waals surface area contributed by atoms with Gasteiger partial charge in [0.15, 0.2) is 0 Å². The molecule has 0 bridgehead atoms. The molecule has 0 aliphatic carbocycles. The van der Waals surface area contributed by atoms with Crippen molar-refractivity contribution in [3.8, 4) is 6.07 Å². The lowest BCUT2D eigenvalue weighted by Gasteiger charge is -2.06. The standard InChI is InChI=1S/C15H18ClN3O/c1-12-5-2-3-6-13(12)10-18-11-14(9-17)15(20)19-8-4-7-16/h2-3,5-6,11,18H,4,7-8,10H2,1H3,(H,19,20)/b14-11-. The number of halogens is 1. The van der Waals surface area contributed by atoms with Gasteiger partial charge in [-0.25, -0.2) is 0 Å². The molecule has 0 saturated carbocycles. The van der Waals surface area contributed by atoms with E-state index in [1.165, 1.54) is 11.8 Å². The largest absolute Gasteiger partial charge is 0.386 e. The van der Waals surface area contributed by atoms with Crippen molar-refractivity contribution in [2.45, 2.75) is 19.9 Å². The molecule has 0 aliphatic heterocycles. The number of amides is 1. The van der Waals surface area contributed by atoms with E-state index >= 15 is 0 Å². The molecule has 0 fully saturated rings. The summed E-state index contributed by atoms with van der Waals surface area (Å²) in [6.07, 6.45) is 2.13. The monoisotopic (exact) mass is 291 g/mol. The van der Waals surface area contributed by atoms with Crippen molar-refractivity contribution in [3.05, 3.63) is 47.2 Å². The fourth-order valence-electron chi connectivity index (χ4n) is 1.58. The molecule has 0 aliphatic rings. The topological polar surface area (TPSA) is 64.9 Å². The first-order chi connectivity index (χ1) is 9.69. The summed E-state index contributed by atoms with van der Waals surface area (Å²) < 4.78 is 0. The van der Waals surface area contributed by atoms with Crippen molar-refractivity contribution < 1.29 is 4.79 Å². The molecule has 0 saturated heterocycles. The third kappa shape index (κ3) is 5.33. The first-order valence-electron chi connectivity index (χ1n) is 6.41. The highest BCUT2D eigenvalue weighted by molar-refractivity contribution is 6.17. The lowest BCUT2D eigenvalue weighted by Crippen LogP contribution is -2.26. The van der Waals surface area contributed by atoms with Gasteiger partial charge in [0.25, 0.3) is 5.91 Å². The Morgan fingerprint density at radius 1 is 1.45 bits per heavy atom. The van der Waals surface area contributed by atoms with Crippen LogP contribution in [0.2, 0.25) is 0 Å². The van der Waals surface area contributed by atoms with E-state index in [4.69, 9.17) is 16.9 Å². The zero-order valence-corrected chi connectivity index (χ0v) is 12.2. The molecule has 0 radical (unpaired) electrons. The minimum atomic E-state index is -0.380. The minimum Gasteiger partial charge on any atom is -0.386 e. The predicted octanol–water partition coefficient (Wildman–Crippen LogP) is 2.24. The number of hydrogen-bond donors (Lipinski definition) is 2. The van der Waals surface area contributed by atoms with Crippen LogP contribution in [0.5, 0.6) is 0 Å². The van der Waals surface area contributed by atoms with Gasteiger partial charge in [-0.1, -0.05) is 24.3 Å². The number of nitrogens with one attached hydrogen (secondary N) is 2. The average molecular weight is 292 g/mol. The van der Waals surface area contributed by atoms with Crippen molar-refractivity contribution in [1.29, 1.82) is 5.26 Å². The van der Waals surface area contributed by atoms with Gasteiger partial charge in [0.05, 0.1) is 0 Å². The molecule has 20 heavy (non-hydrogen) atoms. The summed E-state index contributed by atoms with van der Waals surface area (Å²) in [5.74, 6) is 0.104.